The molecule has 5 nitrogen and oxygen atoms in total. The first-order valence-electron chi connectivity index (χ1n) is 4.50. The third-order valence-corrected chi connectivity index (χ3v) is 2.53. The number of hydrogen-bond donors (Lipinski definition) is 1. The largest absolute Gasteiger partial charge is 0.460 e. The molecule has 0 radical (unpaired) electrons. The van der Waals surface area contributed by atoms with Gasteiger partial charge in [0.05, 0.1) is 17.1 Å². The van der Waals surface area contributed by atoms with E-state index >= 15 is 0 Å². The highest BCUT2D eigenvalue weighted by Gasteiger charge is 2.14. The Morgan fingerprint density at radius 2 is 2.25 bits per heavy atom. The van der Waals surface area contributed by atoms with Gasteiger partial charge in [0.15, 0.2) is 5.65 Å². The average Bonchev–Trinajstić information content (AvgIpc) is 2.62. The number of halogens is 2. The van der Waals surface area contributed by atoms with E-state index in [2.05, 4.69) is 15.0 Å². The normalized spacial score (nSPS) is 10.7. The summed E-state index contributed by atoms with van der Waals surface area (Å²) in [5.74, 6) is -0.449. The Morgan fingerprint density at radius 3 is 2.94 bits per heavy atom. The predicted octanol–water partition coefficient (Wildman–Crippen LogP) is 2.44. The van der Waals surface area contributed by atoms with Gasteiger partial charge in [0.2, 0.25) is 5.82 Å². The lowest BCUT2D eigenvalue weighted by Crippen LogP contribution is -2.06. The summed E-state index contributed by atoms with van der Waals surface area (Å²) in [6, 6.07) is 1.56. The third kappa shape index (κ3) is 1.96. The molecule has 2 heterocycles. The van der Waals surface area contributed by atoms with E-state index in [4.69, 9.17) is 27.9 Å². The smallest absolute Gasteiger partial charge is 0.374 e. The van der Waals surface area contributed by atoms with Gasteiger partial charge < -0.3 is 9.72 Å². The molecule has 0 amide bonds. The Balaban J connectivity index is 2.48. The number of H-pyrrole nitrogens is 1. The second-order valence-corrected chi connectivity index (χ2v) is 3.70. The molecule has 0 aliphatic rings. The number of aromatic amines is 1. The lowest BCUT2D eigenvalue weighted by molar-refractivity contribution is 0.0513. The van der Waals surface area contributed by atoms with Crippen LogP contribution in [-0.4, -0.2) is 27.5 Å². The molecule has 2 aromatic rings. The van der Waals surface area contributed by atoms with Crippen molar-refractivity contribution in [1.82, 2.24) is 15.0 Å². The molecular weight excluding hydrogens is 253 g/mol. The van der Waals surface area contributed by atoms with Gasteiger partial charge in [-0.1, -0.05) is 23.2 Å². The number of rotatable bonds is 2. The Kier molecular flexibility index (Phi) is 2.98. The van der Waals surface area contributed by atoms with Crippen molar-refractivity contribution >= 4 is 40.3 Å². The molecular formula is C9H7Cl2N3O2. The SMILES string of the molecule is CCOC(=O)c1nc2nc(Cl)c(Cl)cc2[nH]1. The zero-order valence-corrected chi connectivity index (χ0v) is 9.76. The summed E-state index contributed by atoms with van der Waals surface area (Å²) >= 11 is 11.5. The summed E-state index contributed by atoms with van der Waals surface area (Å²) in [5.41, 5.74) is 0.870. The van der Waals surface area contributed by atoms with E-state index < -0.39 is 5.97 Å². The maximum absolute atomic E-state index is 11.4. The number of nitrogens with zero attached hydrogens (tertiary/aromatic N) is 2. The fourth-order valence-corrected chi connectivity index (χ4v) is 1.48. The summed E-state index contributed by atoms with van der Waals surface area (Å²) in [6.07, 6.45) is 0. The molecule has 0 fully saturated rings. The molecule has 0 atom stereocenters. The van der Waals surface area contributed by atoms with Crippen molar-refractivity contribution in [2.24, 2.45) is 0 Å². The van der Waals surface area contributed by atoms with E-state index in [0.29, 0.717) is 16.2 Å². The maximum atomic E-state index is 11.4. The Morgan fingerprint density at radius 1 is 1.50 bits per heavy atom. The maximum Gasteiger partial charge on any atom is 0.374 e. The first kappa shape index (κ1) is 11.2. The zero-order valence-electron chi connectivity index (χ0n) is 8.25. The second-order valence-electron chi connectivity index (χ2n) is 2.94. The van der Waals surface area contributed by atoms with Gasteiger partial charge in [-0.2, -0.15) is 0 Å². The van der Waals surface area contributed by atoms with E-state index in [1.165, 1.54) is 0 Å². The number of carbonyl (C=O) groups is 1. The molecule has 0 saturated heterocycles. The van der Waals surface area contributed by atoms with E-state index in [0.717, 1.165) is 0 Å². The van der Waals surface area contributed by atoms with E-state index in [-0.39, 0.29) is 17.6 Å². The van der Waals surface area contributed by atoms with Gasteiger partial charge in [-0.05, 0) is 13.0 Å². The van der Waals surface area contributed by atoms with Gasteiger partial charge in [-0.25, -0.2) is 14.8 Å². The van der Waals surface area contributed by atoms with Crippen molar-refractivity contribution in [3.05, 3.63) is 22.1 Å². The summed E-state index contributed by atoms with van der Waals surface area (Å²) in [7, 11) is 0. The summed E-state index contributed by atoms with van der Waals surface area (Å²) in [4.78, 5) is 22.0. The molecule has 2 aromatic heterocycles. The number of esters is 1. The fraction of sp³-hybridized carbons (Fsp3) is 0.222. The highest BCUT2D eigenvalue weighted by atomic mass is 35.5. The van der Waals surface area contributed by atoms with Crippen LogP contribution in [0.15, 0.2) is 6.07 Å². The highest BCUT2D eigenvalue weighted by Crippen LogP contribution is 2.23. The van der Waals surface area contributed by atoms with Crippen LogP contribution in [0.3, 0.4) is 0 Å². The van der Waals surface area contributed by atoms with Gasteiger partial charge in [0.25, 0.3) is 0 Å². The third-order valence-electron chi connectivity index (χ3n) is 1.85. The van der Waals surface area contributed by atoms with Crippen molar-refractivity contribution in [1.29, 1.82) is 0 Å². The van der Waals surface area contributed by atoms with Crippen LogP contribution < -0.4 is 0 Å². The monoisotopic (exact) mass is 259 g/mol. The quantitative estimate of drug-likeness (QED) is 0.665. The van der Waals surface area contributed by atoms with Crippen LogP contribution in [0.2, 0.25) is 10.2 Å². The standard InChI is InChI=1S/C9H7Cl2N3O2/c1-2-16-9(15)8-12-5-3-4(10)6(11)13-7(5)14-8/h3H,2H2,1H3,(H,12,13,14). The zero-order chi connectivity index (χ0) is 11.7. The average molecular weight is 260 g/mol. The molecule has 0 aliphatic heterocycles. The van der Waals surface area contributed by atoms with Gasteiger partial charge in [-0.3, -0.25) is 0 Å². The molecule has 0 bridgehead atoms. The lowest BCUT2D eigenvalue weighted by atomic mass is 10.4. The fourth-order valence-electron chi connectivity index (χ4n) is 1.19. The molecule has 0 unspecified atom stereocenters. The molecule has 16 heavy (non-hydrogen) atoms. The van der Waals surface area contributed by atoms with Gasteiger partial charge >= 0.3 is 5.97 Å². The lowest BCUT2D eigenvalue weighted by Gasteiger charge is -1.95. The first-order chi connectivity index (χ1) is 7.61. The van der Waals surface area contributed by atoms with Gasteiger partial charge in [0.1, 0.15) is 5.15 Å². The number of aromatic nitrogens is 3. The minimum Gasteiger partial charge on any atom is -0.460 e. The summed E-state index contributed by atoms with van der Waals surface area (Å²) in [6.45, 7) is 2.00. The molecule has 0 aromatic carbocycles. The first-order valence-corrected chi connectivity index (χ1v) is 5.26. The van der Waals surface area contributed by atoms with Gasteiger partial charge in [0, 0.05) is 0 Å². The van der Waals surface area contributed by atoms with Crippen molar-refractivity contribution in [2.45, 2.75) is 6.92 Å². The number of carbonyl (C=O) groups excluding carboxylic acids is 1. The number of nitrogens with one attached hydrogen (secondary N) is 1. The molecule has 7 heteroatoms. The number of fused-ring (bicyclic) bond motifs is 1. The molecule has 2 rings (SSSR count). The van der Waals surface area contributed by atoms with E-state index in [9.17, 15) is 4.79 Å². The highest BCUT2D eigenvalue weighted by molar-refractivity contribution is 6.41. The van der Waals surface area contributed by atoms with Crippen molar-refractivity contribution in [3.8, 4) is 0 Å². The number of hydrogen-bond acceptors (Lipinski definition) is 4. The van der Waals surface area contributed by atoms with Crippen LogP contribution in [0.5, 0.6) is 0 Å². The topological polar surface area (TPSA) is 67.9 Å². The molecule has 84 valence electrons. The van der Waals surface area contributed by atoms with Gasteiger partial charge in [-0.15, -0.1) is 0 Å². The van der Waals surface area contributed by atoms with Crippen LogP contribution in [0.4, 0.5) is 0 Å². The van der Waals surface area contributed by atoms with Crippen molar-refractivity contribution in [3.63, 3.8) is 0 Å². The molecule has 1 N–H and O–H groups in total. The number of ether oxygens (including phenoxy) is 1. The predicted molar refractivity (Wildman–Crippen MR) is 59.9 cm³/mol. The molecule has 0 saturated carbocycles. The Labute approximate surface area is 101 Å². The summed E-state index contributed by atoms with van der Waals surface area (Å²) < 4.78 is 4.79. The van der Waals surface area contributed by atoms with Crippen LogP contribution in [-0.2, 0) is 4.74 Å². The number of pyridine rings is 1. The van der Waals surface area contributed by atoms with Crippen molar-refractivity contribution < 1.29 is 9.53 Å². The van der Waals surface area contributed by atoms with Crippen LogP contribution in [0.25, 0.3) is 11.2 Å². The minimum atomic E-state index is -0.534. The minimum absolute atomic E-state index is 0.0858. The van der Waals surface area contributed by atoms with E-state index in [1.54, 1.807) is 13.0 Å². The summed E-state index contributed by atoms with van der Waals surface area (Å²) in [5, 5.41) is 0.448. The molecule has 0 aliphatic carbocycles. The Hall–Kier alpha value is -1.33. The second kappa shape index (κ2) is 4.27. The Bertz CT molecular complexity index is 514. The van der Waals surface area contributed by atoms with Crippen LogP contribution in [0.1, 0.15) is 17.5 Å². The number of imidazole rings is 1. The molecule has 0 spiro atoms. The van der Waals surface area contributed by atoms with Crippen LogP contribution in [0, 0.1) is 0 Å². The van der Waals surface area contributed by atoms with E-state index in [1.807, 2.05) is 0 Å². The van der Waals surface area contributed by atoms with Crippen LogP contribution >= 0.6 is 23.2 Å². The van der Waals surface area contributed by atoms with Crippen molar-refractivity contribution in [2.75, 3.05) is 6.61 Å².